The Bertz CT molecular complexity index is 671. The smallest absolute Gasteiger partial charge is 0.165 e. The van der Waals surface area contributed by atoms with Crippen LogP contribution in [0.1, 0.15) is 11.1 Å². The predicted octanol–water partition coefficient (Wildman–Crippen LogP) is 3.07. The van der Waals surface area contributed by atoms with Crippen LogP contribution in [0, 0.1) is 17.1 Å². The minimum Gasteiger partial charge on any atom is -0.453 e. The molecule has 2 aromatic rings. The van der Waals surface area contributed by atoms with Crippen LogP contribution in [0.4, 0.5) is 4.39 Å². The van der Waals surface area contributed by atoms with Crippen LogP contribution in [0.3, 0.4) is 0 Å². The van der Waals surface area contributed by atoms with Gasteiger partial charge in [0, 0.05) is 18.9 Å². The number of hydrogen-bond donors (Lipinski definition) is 1. The van der Waals surface area contributed by atoms with Gasteiger partial charge in [-0.1, -0.05) is 17.7 Å². The lowest BCUT2D eigenvalue weighted by atomic mass is 10.1. The maximum Gasteiger partial charge on any atom is 0.165 e. The maximum atomic E-state index is 13.9. The van der Waals surface area contributed by atoms with Crippen molar-refractivity contribution in [2.45, 2.75) is 6.42 Å². The van der Waals surface area contributed by atoms with Crippen LogP contribution in [0.15, 0.2) is 30.5 Å². The minimum atomic E-state index is -0.576. The van der Waals surface area contributed by atoms with Crippen molar-refractivity contribution in [2.75, 3.05) is 6.61 Å². The highest BCUT2D eigenvalue weighted by Gasteiger charge is 2.12. The molecule has 1 aromatic heterocycles. The Labute approximate surface area is 120 Å². The van der Waals surface area contributed by atoms with Gasteiger partial charge in [-0.05, 0) is 24.1 Å². The number of nitrogens with zero attached hydrogens (tertiary/aromatic N) is 2. The molecule has 0 fully saturated rings. The summed E-state index contributed by atoms with van der Waals surface area (Å²) in [4.78, 5) is 3.75. The average Bonchev–Trinajstić information content (AvgIpc) is 2.42. The van der Waals surface area contributed by atoms with Crippen molar-refractivity contribution in [2.24, 2.45) is 0 Å². The van der Waals surface area contributed by atoms with Gasteiger partial charge in [0.1, 0.15) is 17.4 Å². The van der Waals surface area contributed by atoms with Crippen LogP contribution in [-0.4, -0.2) is 16.7 Å². The molecule has 0 bridgehead atoms. The Balaban J connectivity index is 2.31. The minimum absolute atomic E-state index is 0.00214. The van der Waals surface area contributed by atoms with E-state index in [1.54, 1.807) is 6.07 Å². The second-order valence-corrected chi connectivity index (χ2v) is 4.29. The number of nitriles is 1. The summed E-state index contributed by atoms with van der Waals surface area (Å²) in [7, 11) is 0. The van der Waals surface area contributed by atoms with Gasteiger partial charge in [-0.3, -0.25) is 0 Å². The van der Waals surface area contributed by atoms with Crippen LogP contribution in [0.5, 0.6) is 11.5 Å². The fourth-order valence-electron chi connectivity index (χ4n) is 1.64. The summed E-state index contributed by atoms with van der Waals surface area (Å²) in [5.41, 5.74) is 0.707. The number of hydrogen-bond acceptors (Lipinski definition) is 4. The van der Waals surface area contributed by atoms with E-state index in [1.165, 1.54) is 24.4 Å². The third-order valence-corrected chi connectivity index (χ3v) is 2.88. The largest absolute Gasteiger partial charge is 0.453 e. The van der Waals surface area contributed by atoms with E-state index in [-0.39, 0.29) is 28.8 Å². The quantitative estimate of drug-likeness (QED) is 0.880. The number of pyridine rings is 1. The Morgan fingerprint density at radius 2 is 2.15 bits per heavy atom. The van der Waals surface area contributed by atoms with E-state index in [9.17, 15) is 4.39 Å². The molecule has 0 spiro atoms. The van der Waals surface area contributed by atoms with Crippen molar-refractivity contribution < 1.29 is 14.2 Å². The monoisotopic (exact) mass is 292 g/mol. The summed E-state index contributed by atoms with van der Waals surface area (Å²) in [5.74, 6) is -0.459. The summed E-state index contributed by atoms with van der Waals surface area (Å²) >= 11 is 5.77. The molecule has 0 aliphatic carbocycles. The number of benzene rings is 1. The predicted molar refractivity (Wildman–Crippen MR) is 71.2 cm³/mol. The third kappa shape index (κ3) is 3.05. The number of rotatable bonds is 4. The normalized spacial score (nSPS) is 10.1. The summed E-state index contributed by atoms with van der Waals surface area (Å²) in [6.07, 6.45) is 1.73. The van der Waals surface area contributed by atoms with Crippen LogP contribution in [0.25, 0.3) is 0 Å². The second-order valence-electron chi connectivity index (χ2n) is 3.93. The third-order valence-electron chi connectivity index (χ3n) is 2.59. The van der Waals surface area contributed by atoms with Gasteiger partial charge in [-0.25, -0.2) is 9.37 Å². The van der Waals surface area contributed by atoms with Gasteiger partial charge in [0.2, 0.25) is 0 Å². The number of halogens is 2. The first-order chi connectivity index (χ1) is 9.65. The molecule has 0 radical (unpaired) electrons. The molecule has 6 heteroatoms. The molecule has 102 valence electrons. The lowest BCUT2D eigenvalue weighted by molar-refractivity contribution is 0.299. The first-order valence-electron chi connectivity index (χ1n) is 5.77. The highest BCUT2D eigenvalue weighted by Crippen LogP contribution is 2.30. The first kappa shape index (κ1) is 14.3. The van der Waals surface area contributed by atoms with Crippen LogP contribution >= 0.6 is 11.6 Å². The van der Waals surface area contributed by atoms with E-state index in [2.05, 4.69) is 4.98 Å². The highest BCUT2D eigenvalue weighted by atomic mass is 35.5. The van der Waals surface area contributed by atoms with Crippen molar-refractivity contribution in [3.05, 3.63) is 52.6 Å². The number of aliphatic hydroxyl groups excluding tert-OH is 1. The van der Waals surface area contributed by atoms with E-state index in [4.69, 9.17) is 26.7 Å². The Hall–Kier alpha value is -2.16. The molecule has 20 heavy (non-hydrogen) atoms. The van der Waals surface area contributed by atoms with Gasteiger partial charge in [0.25, 0.3) is 0 Å². The average molecular weight is 293 g/mol. The molecule has 0 amide bonds. The molecule has 1 N–H and O–H groups in total. The molecule has 0 aliphatic heterocycles. The SMILES string of the molecule is N#Cc1c(Oc2ccc(CCO)cc2F)ccnc1Cl. The molecular formula is C14H10ClFN2O2. The van der Waals surface area contributed by atoms with Crippen molar-refractivity contribution >= 4 is 11.6 Å². The van der Waals surface area contributed by atoms with Crippen LogP contribution in [0.2, 0.25) is 5.15 Å². The molecule has 4 nitrogen and oxygen atoms in total. The molecule has 0 aliphatic rings. The van der Waals surface area contributed by atoms with E-state index in [0.717, 1.165) is 0 Å². The summed E-state index contributed by atoms with van der Waals surface area (Å²) in [5, 5.41) is 17.8. The van der Waals surface area contributed by atoms with Gasteiger partial charge in [-0.15, -0.1) is 0 Å². The molecule has 1 heterocycles. The van der Waals surface area contributed by atoms with E-state index < -0.39 is 5.82 Å². The summed E-state index contributed by atoms with van der Waals surface area (Å²) in [6, 6.07) is 7.66. The standard InChI is InChI=1S/C14H10ClFN2O2/c15-14-10(8-17)12(3-5-18-14)20-13-2-1-9(4-6-19)7-11(13)16/h1-3,5,7,19H,4,6H2. The van der Waals surface area contributed by atoms with Crippen molar-refractivity contribution in [3.8, 4) is 17.6 Å². The highest BCUT2D eigenvalue weighted by molar-refractivity contribution is 6.30. The Morgan fingerprint density at radius 3 is 2.80 bits per heavy atom. The van der Waals surface area contributed by atoms with Gasteiger partial charge in [0.05, 0.1) is 0 Å². The molecule has 0 saturated heterocycles. The Kier molecular flexibility index (Phi) is 4.51. The second kappa shape index (κ2) is 6.33. The zero-order valence-electron chi connectivity index (χ0n) is 10.3. The van der Waals surface area contributed by atoms with Gasteiger partial charge >= 0.3 is 0 Å². The zero-order valence-corrected chi connectivity index (χ0v) is 11.1. The number of aliphatic hydroxyl groups is 1. The molecule has 1 aromatic carbocycles. The number of aromatic nitrogens is 1. The van der Waals surface area contributed by atoms with Crippen molar-refractivity contribution in [3.63, 3.8) is 0 Å². The van der Waals surface area contributed by atoms with Crippen LogP contribution in [-0.2, 0) is 6.42 Å². The molecule has 2 rings (SSSR count). The first-order valence-corrected chi connectivity index (χ1v) is 6.15. The van der Waals surface area contributed by atoms with E-state index in [0.29, 0.717) is 12.0 Å². The maximum absolute atomic E-state index is 13.9. The molecule has 0 atom stereocenters. The van der Waals surface area contributed by atoms with Gasteiger partial charge in [-0.2, -0.15) is 5.26 Å². The van der Waals surface area contributed by atoms with Crippen molar-refractivity contribution in [1.82, 2.24) is 4.98 Å². The fraction of sp³-hybridized carbons (Fsp3) is 0.143. The van der Waals surface area contributed by atoms with Gasteiger partial charge in [0.15, 0.2) is 16.7 Å². The lowest BCUT2D eigenvalue weighted by Gasteiger charge is -2.09. The summed E-state index contributed by atoms with van der Waals surface area (Å²) < 4.78 is 19.2. The number of ether oxygens (including phenoxy) is 1. The molecular weight excluding hydrogens is 283 g/mol. The zero-order chi connectivity index (χ0) is 14.5. The van der Waals surface area contributed by atoms with E-state index >= 15 is 0 Å². The van der Waals surface area contributed by atoms with Crippen molar-refractivity contribution in [1.29, 1.82) is 5.26 Å². The van der Waals surface area contributed by atoms with E-state index in [1.807, 2.05) is 6.07 Å². The fourth-order valence-corrected chi connectivity index (χ4v) is 1.83. The van der Waals surface area contributed by atoms with Crippen LogP contribution < -0.4 is 4.74 Å². The Morgan fingerprint density at radius 1 is 1.35 bits per heavy atom. The topological polar surface area (TPSA) is 66.1 Å². The van der Waals surface area contributed by atoms with Gasteiger partial charge < -0.3 is 9.84 Å². The lowest BCUT2D eigenvalue weighted by Crippen LogP contribution is -1.96. The molecule has 0 unspecified atom stereocenters. The molecule has 0 saturated carbocycles. The summed E-state index contributed by atoms with van der Waals surface area (Å²) in [6.45, 7) is -0.0574.